The molecule has 2 bridgehead atoms. The van der Waals surface area contributed by atoms with Gasteiger partial charge in [-0.05, 0) is 18.3 Å². The maximum atomic E-state index is 12.2. The molecule has 0 saturated heterocycles. The largest absolute Gasteiger partial charge is 0.481 e. The zero-order chi connectivity index (χ0) is 13.4. The fourth-order valence-corrected chi connectivity index (χ4v) is 3.07. The number of allylic oxidation sites excluding steroid dienone is 2. The number of carboxylic acids is 1. The van der Waals surface area contributed by atoms with Gasteiger partial charge in [-0.25, -0.2) is 0 Å². The van der Waals surface area contributed by atoms with E-state index in [0.717, 1.165) is 6.42 Å². The third-order valence-corrected chi connectivity index (χ3v) is 3.87. The highest BCUT2D eigenvalue weighted by atomic mass is 16.5. The van der Waals surface area contributed by atoms with Crippen LogP contribution in [0.1, 0.15) is 12.2 Å². The number of carbonyl (C=O) groups excluding carboxylic acids is 1. The van der Waals surface area contributed by atoms with Crippen molar-refractivity contribution < 1.29 is 19.2 Å². The van der Waals surface area contributed by atoms with Crippen LogP contribution in [0.5, 0.6) is 0 Å². The molecule has 1 heterocycles. The van der Waals surface area contributed by atoms with E-state index < -0.39 is 17.8 Å². The van der Waals surface area contributed by atoms with Gasteiger partial charge in [0.2, 0.25) is 12.3 Å². The van der Waals surface area contributed by atoms with Gasteiger partial charge < -0.3 is 14.9 Å². The first-order valence-electron chi connectivity index (χ1n) is 6.11. The van der Waals surface area contributed by atoms with Gasteiger partial charge >= 0.3 is 5.97 Å². The molecule has 0 aliphatic heterocycles. The minimum Gasteiger partial charge on any atom is -0.481 e. The summed E-state index contributed by atoms with van der Waals surface area (Å²) in [6.45, 7) is 0.152. The van der Waals surface area contributed by atoms with Crippen LogP contribution >= 0.6 is 0 Å². The molecule has 1 aromatic rings. The molecule has 1 aromatic heterocycles. The molecule has 2 aliphatic carbocycles. The molecule has 3 rings (SSSR count). The Morgan fingerprint density at radius 3 is 2.74 bits per heavy atom. The van der Waals surface area contributed by atoms with Crippen LogP contribution in [0.3, 0.4) is 0 Å². The molecule has 0 radical (unpaired) electrons. The summed E-state index contributed by atoms with van der Waals surface area (Å²) in [5, 5.41) is 15.5. The summed E-state index contributed by atoms with van der Waals surface area (Å²) in [5.74, 6) is -1.91. The van der Waals surface area contributed by atoms with E-state index in [9.17, 15) is 14.7 Å². The Labute approximate surface area is 108 Å². The van der Waals surface area contributed by atoms with Gasteiger partial charge in [0.25, 0.3) is 0 Å². The lowest BCUT2D eigenvalue weighted by Gasteiger charge is -2.23. The van der Waals surface area contributed by atoms with Crippen LogP contribution in [0.15, 0.2) is 23.1 Å². The average molecular weight is 263 g/mol. The van der Waals surface area contributed by atoms with E-state index in [2.05, 4.69) is 20.0 Å². The number of nitrogens with one attached hydrogen (secondary N) is 1. The second kappa shape index (κ2) is 4.49. The molecule has 7 nitrogen and oxygen atoms in total. The maximum absolute atomic E-state index is 12.2. The Morgan fingerprint density at radius 1 is 1.37 bits per heavy atom. The van der Waals surface area contributed by atoms with Crippen LogP contribution in [0, 0.1) is 23.7 Å². The normalized spacial score (nSPS) is 31.6. The van der Waals surface area contributed by atoms with E-state index in [1.165, 1.54) is 6.39 Å². The first-order chi connectivity index (χ1) is 9.16. The topological polar surface area (TPSA) is 105 Å². The van der Waals surface area contributed by atoms with E-state index in [4.69, 9.17) is 0 Å². The lowest BCUT2D eigenvalue weighted by atomic mass is 9.82. The summed E-state index contributed by atoms with van der Waals surface area (Å²) < 4.78 is 4.56. The maximum Gasteiger partial charge on any atom is 0.307 e. The monoisotopic (exact) mass is 263 g/mol. The van der Waals surface area contributed by atoms with Gasteiger partial charge in [-0.15, -0.1) is 0 Å². The van der Waals surface area contributed by atoms with Crippen LogP contribution in [-0.2, 0) is 16.1 Å². The van der Waals surface area contributed by atoms with Crippen LogP contribution in [-0.4, -0.2) is 27.1 Å². The number of rotatable bonds is 4. The molecule has 1 saturated carbocycles. The number of aliphatic carboxylic acids is 1. The Hall–Kier alpha value is -2.18. The van der Waals surface area contributed by atoms with Crippen molar-refractivity contribution in [2.45, 2.75) is 13.0 Å². The van der Waals surface area contributed by atoms with E-state index in [0.29, 0.717) is 5.82 Å². The van der Waals surface area contributed by atoms with Crippen molar-refractivity contribution in [1.82, 2.24) is 15.5 Å². The number of amides is 1. The molecular weight excluding hydrogens is 250 g/mol. The van der Waals surface area contributed by atoms with Crippen molar-refractivity contribution >= 4 is 11.9 Å². The molecular formula is C12H13N3O4. The summed E-state index contributed by atoms with van der Waals surface area (Å²) in [5.41, 5.74) is 0. The van der Waals surface area contributed by atoms with E-state index in [1.807, 2.05) is 12.2 Å². The number of carboxylic acid groups (broad SMARTS) is 1. The van der Waals surface area contributed by atoms with Crippen molar-refractivity contribution in [3.63, 3.8) is 0 Å². The zero-order valence-electron chi connectivity index (χ0n) is 10.0. The number of nitrogens with zero attached hydrogens (tertiary/aromatic N) is 2. The first-order valence-corrected chi connectivity index (χ1v) is 6.11. The third kappa shape index (κ3) is 2.00. The van der Waals surface area contributed by atoms with Crippen molar-refractivity contribution in [2.24, 2.45) is 23.7 Å². The third-order valence-electron chi connectivity index (χ3n) is 3.87. The van der Waals surface area contributed by atoms with Crippen LogP contribution in [0.2, 0.25) is 0 Å². The van der Waals surface area contributed by atoms with Crippen LogP contribution in [0.25, 0.3) is 0 Å². The molecule has 2 aliphatic rings. The van der Waals surface area contributed by atoms with E-state index in [1.54, 1.807) is 0 Å². The smallest absolute Gasteiger partial charge is 0.307 e. The molecule has 1 fully saturated rings. The van der Waals surface area contributed by atoms with Crippen molar-refractivity contribution in [2.75, 3.05) is 0 Å². The number of hydrogen-bond acceptors (Lipinski definition) is 5. The second-order valence-electron chi connectivity index (χ2n) is 4.90. The number of aromatic nitrogens is 2. The fraction of sp³-hybridized carbons (Fsp3) is 0.500. The summed E-state index contributed by atoms with van der Waals surface area (Å²) in [4.78, 5) is 27.2. The van der Waals surface area contributed by atoms with Gasteiger partial charge in [0, 0.05) is 0 Å². The predicted molar refractivity (Wildman–Crippen MR) is 61.5 cm³/mol. The molecule has 7 heteroatoms. The van der Waals surface area contributed by atoms with Gasteiger partial charge in [0.1, 0.15) is 0 Å². The molecule has 2 unspecified atom stereocenters. The number of fused-ring (bicyclic) bond motifs is 2. The second-order valence-corrected chi connectivity index (χ2v) is 4.90. The highest BCUT2D eigenvalue weighted by molar-refractivity contribution is 5.86. The van der Waals surface area contributed by atoms with Crippen LogP contribution in [0.4, 0.5) is 0 Å². The van der Waals surface area contributed by atoms with Gasteiger partial charge in [0.05, 0.1) is 18.4 Å². The van der Waals surface area contributed by atoms with Crippen molar-refractivity contribution in [3.05, 3.63) is 24.4 Å². The predicted octanol–water partition coefficient (Wildman–Crippen LogP) is 0.209. The highest BCUT2D eigenvalue weighted by Gasteiger charge is 2.51. The molecule has 0 aromatic carbocycles. The van der Waals surface area contributed by atoms with Gasteiger partial charge in [-0.1, -0.05) is 17.3 Å². The minimum absolute atomic E-state index is 0.0244. The quantitative estimate of drug-likeness (QED) is 0.752. The average Bonchev–Trinajstić information content (AvgIpc) is 3.10. The van der Waals surface area contributed by atoms with Gasteiger partial charge in [-0.3, -0.25) is 9.59 Å². The molecule has 100 valence electrons. The first kappa shape index (κ1) is 11.9. The number of hydrogen-bond donors (Lipinski definition) is 2. The Bertz CT molecular complexity index is 525. The Balaban J connectivity index is 1.68. The Kier molecular flexibility index (Phi) is 2.81. The minimum atomic E-state index is -0.906. The summed E-state index contributed by atoms with van der Waals surface area (Å²) in [6, 6.07) is 0. The van der Waals surface area contributed by atoms with Crippen LogP contribution < -0.4 is 5.32 Å². The van der Waals surface area contributed by atoms with Gasteiger partial charge in [0.15, 0.2) is 5.82 Å². The zero-order valence-corrected chi connectivity index (χ0v) is 10.0. The molecule has 2 N–H and O–H groups in total. The van der Waals surface area contributed by atoms with E-state index in [-0.39, 0.29) is 24.3 Å². The van der Waals surface area contributed by atoms with Crippen molar-refractivity contribution in [1.29, 1.82) is 0 Å². The standard InChI is InChI=1S/C12H13N3O4/c16-11(13-4-8-14-5-19-15-8)9-6-1-2-7(3-6)10(9)12(17)18/h1-2,5-7,9-10H,3-4H2,(H,13,16)(H,17,18)/t6?,7?,9-,10+/m0/s1. The molecule has 4 atom stereocenters. The highest BCUT2D eigenvalue weighted by Crippen LogP contribution is 2.48. The lowest BCUT2D eigenvalue weighted by molar-refractivity contribution is -0.147. The van der Waals surface area contributed by atoms with Crippen molar-refractivity contribution in [3.8, 4) is 0 Å². The molecule has 1 amide bonds. The van der Waals surface area contributed by atoms with E-state index >= 15 is 0 Å². The van der Waals surface area contributed by atoms with Gasteiger partial charge in [-0.2, -0.15) is 4.98 Å². The molecule has 0 spiro atoms. The summed E-state index contributed by atoms with van der Waals surface area (Å²) >= 11 is 0. The SMILES string of the molecule is O=C(O)[C@@H]1C2C=CC(C2)[C@@H]1C(=O)NCc1ncon1. The summed E-state index contributed by atoms with van der Waals surface area (Å²) in [7, 11) is 0. The fourth-order valence-electron chi connectivity index (χ4n) is 3.07. The Morgan fingerprint density at radius 2 is 2.11 bits per heavy atom. The summed E-state index contributed by atoms with van der Waals surface area (Å²) in [6.07, 6.45) is 5.79. The molecule has 19 heavy (non-hydrogen) atoms. The lowest BCUT2D eigenvalue weighted by Crippen LogP contribution is -2.40. The number of carbonyl (C=O) groups is 2.